The van der Waals surface area contributed by atoms with Crippen LogP contribution in [0.4, 0.5) is 34.1 Å². The van der Waals surface area contributed by atoms with Crippen LogP contribution in [0.2, 0.25) is 0 Å². The lowest BCUT2D eigenvalue weighted by atomic mass is 10.0. The number of ether oxygens (including phenoxy) is 3. The summed E-state index contributed by atoms with van der Waals surface area (Å²) in [6.45, 7) is 6.06. The minimum atomic E-state index is -0.472. The van der Waals surface area contributed by atoms with Crippen LogP contribution in [0.3, 0.4) is 0 Å². The normalized spacial score (nSPS) is 11.3. The molecule has 0 radical (unpaired) electrons. The van der Waals surface area contributed by atoms with E-state index in [9.17, 15) is 14.9 Å². The summed E-state index contributed by atoms with van der Waals surface area (Å²) < 4.78 is 16.6. The van der Waals surface area contributed by atoms with Crippen molar-refractivity contribution in [3.63, 3.8) is 0 Å². The van der Waals surface area contributed by atoms with E-state index in [2.05, 4.69) is 39.2 Å². The highest BCUT2D eigenvalue weighted by atomic mass is 16.6. The van der Waals surface area contributed by atoms with Crippen LogP contribution < -0.4 is 14.4 Å². The van der Waals surface area contributed by atoms with Gasteiger partial charge in [-0.2, -0.15) is 10.2 Å². The molecule has 0 aromatic heterocycles. The van der Waals surface area contributed by atoms with Gasteiger partial charge in [0.05, 0.1) is 37.1 Å². The third-order valence-electron chi connectivity index (χ3n) is 9.54. The Bertz CT molecular complexity index is 1600. The van der Waals surface area contributed by atoms with Crippen molar-refractivity contribution in [2.45, 2.75) is 123 Å². The van der Waals surface area contributed by atoms with E-state index in [4.69, 9.17) is 14.2 Å². The Balaban J connectivity index is 1.35. The molecule has 3 rings (SSSR count). The third kappa shape index (κ3) is 17.4. The number of hydrogen-bond donors (Lipinski definition) is 0. The number of non-ortho nitro benzene ring substituents is 1. The second-order valence-corrected chi connectivity index (χ2v) is 13.7. The van der Waals surface area contributed by atoms with Crippen molar-refractivity contribution >= 4 is 40.1 Å². The summed E-state index contributed by atoms with van der Waals surface area (Å²) in [5, 5.41) is 28.1. The molecule has 0 saturated heterocycles. The molecular weight excluding hydrogens is 697 g/mol. The number of methoxy groups -OCH3 is 2. The first kappa shape index (κ1) is 44.5. The summed E-state index contributed by atoms with van der Waals surface area (Å²) in [5.41, 5.74) is 2.90. The predicted molar refractivity (Wildman–Crippen MR) is 220 cm³/mol. The molecule has 0 atom stereocenters. The SMILES string of the molecule is CCCCCCCCCCCCCCCCCCC(=O)OCCN(CC)c1ccc(N=Nc2cc(OC)c(N=Nc3ccc([N+](=O)[O-])cc3)cc2OC)cc1. The summed E-state index contributed by atoms with van der Waals surface area (Å²) in [7, 11) is 3.03. The number of likely N-dealkylation sites (N-methyl/N-ethyl adjacent to an activating group) is 1. The minimum Gasteiger partial charge on any atom is -0.494 e. The summed E-state index contributed by atoms with van der Waals surface area (Å²) >= 11 is 0. The number of carbonyl (C=O) groups is 1. The van der Waals surface area contributed by atoms with E-state index < -0.39 is 4.92 Å². The van der Waals surface area contributed by atoms with Crippen LogP contribution in [0, 0.1) is 10.1 Å². The number of nitro groups is 1. The van der Waals surface area contributed by atoms with E-state index in [0.29, 0.717) is 53.8 Å². The number of nitro benzene ring substituents is 1. The molecular formula is C43H62N6O6. The Kier molecular flexibility index (Phi) is 21.7. The van der Waals surface area contributed by atoms with E-state index in [-0.39, 0.29) is 11.7 Å². The lowest BCUT2D eigenvalue weighted by molar-refractivity contribution is -0.384. The van der Waals surface area contributed by atoms with Crippen molar-refractivity contribution in [3.8, 4) is 11.5 Å². The monoisotopic (exact) mass is 758 g/mol. The molecule has 0 heterocycles. The van der Waals surface area contributed by atoms with Gasteiger partial charge in [-0.1, -0.05) is 103 Å². The highest BCUT2D eigenvalue weighted by Gasteiger charge is 2.13. The molecule has 12 heteroatoms. The first-order valence-electron chi connectivity index (χ1n) is 20.2. The van der Waals surface area contributed by atoms with Gasteiger partial charge >= 0.3 is 5.97 Å². The summed E-state index contributed by atoms with van der Waals surface area (Å²) in [6.07, 6.45) is 21.5. The average Bonchev–Trinajstić information content (AvgIpc) is 3.21. The van der Waals surface area contributed by atoms with Crippen molar-refractivity contribution in [3.05, 3.63) is 70.8 Å². The zero-order valence-corrected chi connectivity index (χ0v) is 33.5. The minimum absolute atomic E-state index is 0.0290. The molecule has 55 heavy (non-hydrogen) atoms. The van der Waals surface area contributed by atoms with Crippen LogP contribution >= 0.6 is 0 Å². The van der Waals surface area contributed by atoms with Crippen LogP contribution in [0.5, 0.6) is 11.5 Å². The van der Waals surface area contributed by atoms with Gasteiger partial charge < -0.3 is 19.1 Å². The lowest BCUT2D eigenvalue weighted by Gasteiger charge is -2.23. The molecule has 0 bridgehead atoms. The molecule has 0 amide bonds. The van der Waals surface area contributed by atoms with Crippen LogP contribution in [0.1, 0.15) is 123 Å². The molecule has 3 aromatic carbocycles. The zero-order chi connectivity index (χ0) is 39.5. The Morgan fingerprint density at radius 3 is 1.49 bits per heavy atom. The van der Waals surface area contributed by atoms with E-state index in [1.165, 1.54) is 128 Å². The van der Waals surface area contributed by atoms with Gasteiger partial charge in [-0.15, -0.1) is 10.2 Å². The smallest absolute Gasteiger partial charge is 0.305 e. The summed E-state index contributed by atoms with van der Waals surface area (Å²) in [6, 6.07) is 16.7. The van der Waals surface area contributed by atoms with Gasteiger partial charge in [-0.3, -0.25) is 14.9 Å². The quantitative estimate of drug-likeness (QED) is 0.0225. The first-order chi connectivity index (χ1) is 26.9. The number of anilines is 1. The van der Waals surface area contributed by atoms with Gasteiger partial charge in [0.15, 0.2) is 0 Å². The number of carbonyl (C=O) groups excluding carboxylic acids is 1. The maximum atomic E-state index is 12.3. The van der Waals surface area contributed by atoms with Crippen LogP contribution in [-0.4, -0.2) is 44.8 Å². The molecule has 0 unspecified atom stereocenters. The van der Waals surface area contributed by atoms with Gasteiger partial charge in [0.2, 0.25) is 0 Å². The highest BCUT2D eigenvalue weighted by Crippen LogP contribution is 2.41. The van der Waals surface area contributed by atoms with Crippen LogP contribution in [0.25, 0.3) is 0 Å². The van der Waals surface area contributed by atoms with Crippen molar-refractivity contribution < 1.29 is 23.9 Å². The number of benzene rings is 3. The number of esters is 1. The van der Waals surface area contributed by atoms with E-state index in [0.717, 1.165) is 25.1 Å². The maximum Gasteiger partial charge on any atom is 0.305 e. The topological polar surface area (TPSA) is 141 Å². The molecule has 0 fully saturated rings. The molecule has 300 valence electrons. The molecule has 0 N–H and O–H groups in total. The summed E-state index contributed by atoms with van der Waals surface area (Å²) in [4.78, 5) is 24.9. The zero-order valence-electron chi connectivity index (χ0n) is 33.5. The summed E-state index contributed by atoms with van der Waals surface area (Å²) in [5.74, 6) is 0.699. The number of nitrogens with zero attached hydrogens (tertiary/aromatic N) is 6. The predicted octanol–water partition coefficient (Wildman–Crippen LogP) is 13.5. The second kappa shape index (κ2) is 26.8. The van der Waals surface area contributed by atoms with Gasteiger partial charge in [-0.05, 0) is 49.7 Å². The van der Waals surface area contributed by atoms with Crippen LogP contribution in [0.15, 0.2) is 81.1 Å². The first-order valence-corrected chi connectivity index (χ1v) is 20.2. The fraction of sp³-hybridized carbons (Fsp3) is 0.558. The molecule has 0 saturated carbocycles. The van der Waals surface area contributed by atoms with Gasteiger partial charge in [0.25, 0.3) is 5.69 Å². The lowest BCUT2D eigenvalue weighted by Crippen LogP contribution is -2.27. The van der Waals surface area contributed by atoms with E-state index >= 15 is 0 Å². The number of hydrogen-bond acceptors (Lipinski definition) is 11. The van der Waals surface area contributed by atoms with Crippen LogP contribution in [-0.2, 0) is 9.53 Å². The van der Waals surface area contributed by atoms with Gasteiger partial charge in [0, 0.05) is 42.9 Å². The fourth-order valence-electron chi connectivity index (χ4n) is 6.25. The molecule has 12 nitrogen and oxygen atoms in total. The second-order valence-electron chi connectivity index (χ2n) is 13.7. The molecule has 0 spiro atoms. The van der Waals surface area contributed by atoms with Crippen molar-refractivity contribution in [2.24, 2.45) is 20.5 Å². The maximum absolute atomic E-state index is 12.3. The molecule has 0 aliphatic heterocycles. The Morgan fingerprint density at radius 1 is 0.636 bits per heavy atom. The van der Waals surface area contributed by atoms with Gasteiger partial charge in [-0.25, -0.2) is 0 Å². The Hall–Kier alpha value is -4.87. The van der Waals surface area contributed by atoms with Crippen molar-refractivity contribution in [1.29, 1.82) is 0 Å². The van der Waals surface area contributed by atoms with Crippen molar-refractivity contribution in [1.82, 2.24) is 0 Å². The Morgan fingerprint density at radius 2 is 1.07 bits per heavy atom. The Labute approximate surface area is 327 Å². The van der Waals surface area contributed by atoms with E-state index in [1.807, 2.05) is 24.3 Å². The highest BCUT2D eigenvalue weighted by molar-refractivity contribution is 5.69. The molecule has 0 aliphatic rings. The molecule has 0 aliphatic carbocycles. The average molecular weight is 759 g/mol. The largest absolute Gasteiger partial charge is 0.494 e. The fourth-order valence-corrected chi connectivity index (χ4v) is 6.25. The number of unbranched alkanes of at least 4 members (excludes halogenated alkanes) is 15. The number of azo groups is 2. The van der Waals surface area contributed by atoms with Gasteiger partial charge in [0.1, 0.15) is 29.5 Å². The van der Waals surface area contributed by atoms with E-state index in [1.54, 1.807) is 12.1 Å². The number of rotatable bonds is 29. The third-order valence-corrected chi connectivity index (χ3v) is 9.54. The van der Waals surface area contributed by atoms with Crippen molar-refractivity contribution in [2.75, 3.05) is 38.8 Å². The molecule has 3 aromatic rings. The standard InChI is InChI=1S/C43H62N6O6/c1-5-7-8-9-10-11-12-13-14-15-16-17-18-19-20-21-22-43(50)55-32-31-48(6-2)37-27-23-35(24-28-37)44-46-39-33-42(54-4)40(34-41(39)53-3)47-45-36-25-29-38(30-26-36)49(51)52/h23-30,33-34H,5-22,31-32H2,1-4H3.